The molecule has 0 unspecified atom stereocenters. The van der Waals surface area contributed by atoms with Crippen LogP contribution in [0.4, 0.5) is 0 Å². The average Bonchev–Trinajstić information content (AvgIpc) is 3.03. The molecule has 0 saturated carbocycles. The molecule has 88 valence electrons. The SMILES string of the molecule is O=C1NN=C(c2cccnc2)/C1=C\c1ccc[nH]1. The van der Waals surface area contributed by atoms with E-state index >= 15 is 0 Å². The molecule has 2 aromatic rings. The number of carbonyl (C=O) groups is 1. The summed E-state index contributed by atoms with van der Waals surface area (Å²) in [5.41, 5.74) is 5.29. The van der Waals surface area contributed by atoms with Crippen LogP contribution in [-0.4, -0.2) is 21.6 Å². The maximum atomic E-state index is 11.8. The van der Waals surface area contributed by atoms with Gasteiger partial charge in [0.2, 0.25) is 0 Å². The van der Waals surface area contributed by atoms with E-state index in [0.29, 0.717) is 11.3 Å². The lowest BCUT2D eigenvalue weighted by Crippen LogP contribution is -2.13. The molecule has 1 amide bonds. The Hall–Kier alpha value is -2.69. The second-order valence-electron chi connectivity index (χ2n) is 3.83. The lowest BCUT2D eigenvalue weighted by molar-refractivity contribution is -0.116. The van der Waals surface area contributed by atoms with Gasteiger partial charge in [0.25, 0.3) is 5.91 Å². The van der Waals surface area contributed by atoms with Crippen molar-refractivity contribution in [2.75, 3.05) is 0 Å². The fourth-order valence-corrected chi connectivity index (χ4v) is 1.78. The summed E-state index contributed by atoms with van der Waals surface area (Å²) in [6, 6.07) is 7.45. The first kappa shape index (κ1) is 10.5. The molecule has 0 saturated heterocycles. The Morgan fingerprint density at radius 1 is 1.22 bits per heavy atom. The van der Waals surface area contributed by atoms with Crippen LogP contribution in [0.3, 0.4) is 0 Å². The van der Waals surface area contributed by atoms with Gasteiger partial charge in [0.15, 0.2) is 0 Å². The maximum Gasteiger partial charge on any atom is 0.273 e. The summed E-state index contributed by atoms with van der Waals surface area (Å²) >= 11 is 0. The molecule has 0 atom stereocenters. The van der Waals surface area contributed by atoms with Gasteiger partial charge in [0.05, 0.1) is 5.57 Å². The summed E-state index contributed by atoms with van der Waals surface area (Å²) in [7, 11) is 0. The van der Waals surface area contributed by atoms with Crippen molar-refractivity contribution in [1.29, 1.82) is 0 Å². The van der Waals surface area contributed by atoms with Crippen molar-refractivity contribution in [3.05, 3.63) is 59.7 Å². The van der Waals surface area contributed by atoms with E-state index in [-0.39, 0.29) is 5.91 Å². The van der Waals surface area contributed by atoms with Crippen molar-refractivity contribution in [3.8, 4) is 0 Å². The van der Waals surface area contributed by atoms with Gasteiger partial charge in [-0.1, -0.05) is 0 Å². The number of hydrogen-bond acceptors (Lipinski definition) is 3. The molecular formula is C13H10N4O. The normalized spacial score (nSPS) is 16.8. The highest BCUT2D eigenvalue weighted by Gasteiger charge is 2.23. The molecule has 2 N–H and O–H groups in total. The van der Waals surface area contributed by atoms with E-state index in [1.54, 1.807) is 24.7 Å². The standard InChI is InChI=1S/C13H10N4O/c18-13-11(7-10-4-2-6-15-10)12(16-17-13)9-3-1-5-14-8-9/h1-8,15H,(H,17,18)/b11-7+. The topological polar surface area (TPSA) is 70.1 Å². The zero-order valence-electron chi connectivity index (χ0n) is 9.42. The Kier molecular flexibility index (Phi) is 2.49. The van der Waals surface area contributed by atoms with Crippen molar-refractivity contribution in [2.45, 2.75) is 0 Å². The number of pyridine rings is 1. The lowest BCUT2D eigenvalue weighted by atomic mass is 10.0. The Labute approximate surface area is 103 Å². The Balaban J connectivity index is 2.03. The lowest BCUT2D eigenvalue weighted by Gasteiger charge is -2.00. The number of rotatable bonds is 2. The summed E-state index contributed by atoms with van der Waals surface area (Å²) in [5.74, 6) is -0.205. The van der Waals surface area contributed by atoms with Crippen molar-refractivity contribution in [2.24, 2.45) is 5.10 Å². The van der Waals surface area contributed by atoms with E-state index in [0.717, 1.165) is 11.3 Å². The first-order valence-electron chi connectivity index (χ1n) is 5.48. The molecule has 2 aromatic heterocycles. The van der Waals surface area contributed by atoms with Gasteiger partial charge in [0.1, 0.15) is 5.71 Å². The van der Waals surface area contributed by atoms with Crippen LogP contribution in [-0.2, 0) is 4.79 Å². The van der Waals surface area contributed by atoms with Crippen LogP contribution in [0.25, 0.3) is 6.08 Å². The van der Waals surface area contributed by atoms with Crippen LogP contribution in [0.15, 0.2) is 53.5 Å². The summed E-state index contributed by atoms with van der Waals surface area (Å²) in [6.45, 7) is 0. The zero-order chi connectivity index (χ0) is 12.4. The largest absolute Gasteiger partial charge is 0.362 e. The maximum absolute atomic E-state index is 11.8. The van der Waals surface area contributed by atoms with E-state index in [9.17, 15) is 4.79 Å². The Bertz CT molecular complexity index is 626. The Morgan fingerprint density at radius 3 is 2.89 bits per heavy atom. The van der Waals surface area contributed by atoms with E-state index in [2.05, 4.69) is 20.5 Å². The molecule has 1 aliphatic rings. The van der Waals surface area contributed by atoms with Crippen LogP contribution < -0.4 is 5.43 Å². The average molecular weight is 238 g/mol. The zero-order valence-corrected chi connectivity index (χ0v) is 9.42. The van der Waals surface area contributed by atoms with E-state index in [1.165, 1.54) is 0 Å². The van der Waals surface area contributed by atoms with Crippen molar-refractivity contribution < 1.29 is 4.79 Å². The molecule has 0 fully saturated rings. The number of carbonyl (C=O) groups excluding carboxylic acids is 1. The second kappa shape index (κ2) is 4.29. The molecule has 0 spiro atoms. The number of hydrazone groups is 1. The minimum atomic E-state index is -0.205. The van der Waals surface area contributed by atoms with Crippen molar-refractivity contribution in [1.82, 2.24) is 15.4 Å². The van der Waals surface area contributed by atoms with Crippen molar-refractivity contribution >= 4 is 17.7 Å². The minimum Gasteiger partial charge on any atom is -0.362 e. The van der Waals surface area contributed by atoms with Gasteiger partial charge in [-0.2, -0.15) is 5.10 Å². The molecule has 0 radical (unpaired) electrons. The van der Waals surface area contributed by atoms with Crippen molar-refractivity contribution in [3.63, 3.8) is 0 Å². The number of nitrogens with zero attached hydrogens (tertiary/aromatic N) is 2. The Morgan fingerprint density at radius 2 is 2.17 bits per heavy atom. The molecule has 0 aliphatic carbocycles. The summed E-state index contributed by atoms with van der Waals surface area (Å²) in [6.07, 6.45) is 6.94. The van der Waals surface area contributed by atoms with E-state index in [4.69, 9.17) is 0 Å². The number of nitrogens with one attached hydrogen (secondary N) is 2. The van der Waals surface area contributed by atoms with Crippen LogP contribution in [0.2, 0.25) is 0 Å². The van der Waals surface area contributed by atoms with Gasteiger partial charge < -0.3 is 4.98 Å². The predicted octanol–water partition coefficient (Wildman–Crippen LogP) is 1.33. The quantitative estimate of drug-likeness (QED) is 0.775. The first-order valence-corrected chi connectivity index (χ1v) is 5.48. The number of hydrogen-bond donors (Lipinski definition) is 2. The third-order valence-electron chi connectivity index (χ3n) is 2.63. The summed E-state index contributed by atoms with van der Waals surface area (Å²) in [4.78, 5) is 18.8. The second-order valence-corrected chi connectivity index (χ2v) is 3.83. The monoisotopic (exact) mass is 238 g/mol. The highest BCUT2D eigenvalue weighted by atomic mass is 16.2. The molecule has 3 heterocycles. The van der Waals surface area contributed by atoms with Gasteiger partial charge >= 0.3 is 0 Å². The minimum absolute atomic E-state index is 0.205. The van der Waals surface area contributed by atoms with Crippen LogP contribution in [0.1, 0.15) is 11.3 Å². The highest BCUT2D eigenvalue weighted by Crippen LogP contribution is 2.16. The molecule has 0 aromatic carbocycles. The molecule has 18 heavy (non-hydrogen) atoms. The number of aromatic nitrogens is 2. The van der Waals surface area contributed by atoms with Gasteiger partial charge in [0, 0.05) is 29.8 Å². The fraction of sp³-hybridized carbons (Fsp3) is 0. The van der Waals surface area contributed by atoms with E-state index < -0.39 is 0 Å². The van der Waals surface area contributed by atoms with E-state index in [1.807, 2.05) is 24.3 Å². The van der Waals surface area contributed by atoms with Gasteiger partial charge in [-0.3, -0.25) is 9.78 Å². The highest BCUT2D eigenvalue weighted by molar-refractivity contribution is 6.33. The van der Waals surface area contributed by atoms with Crippen LogP contribution in [0, 0.1) is 0 Å². The summed E-state index contributed by atoms with van der Waals surface area (Å²) in [5, 5.41) is 4.04. The fourth-order valence-electron chi connectivity index (χ4n) is 1.78. The van der Waals surface area contributed by atoms with Gasteiger partial charge in [-0.05, 0) is 30.3 Å². The molecule has 0 bridgehead atoms. The number of aromatic amines is 1. The van der Waals surface area contributed by atoms with Crippen LogP contribution >= 0.6 is 0 Å². The molecule has 3 rings (SSSR count). The van der Waals surface area contributed by atoms with Gasteiger partial charge in [-0.15, -0.1) is 0 Å². The van der Waals surface area contributed by atoms with Gasteiger partial charge in [-0.25, -0.2) is 5.43 Å². The third-order valence-corrected chi connectivity index (χ3v) is 2.63. The van der Waals surface area contributed by atoms with Crippen LogP contribution in [0.5, 0.6) is 0 Å². The smallest absolute Gasteiger partial charge is 0.273 e. The number of H-pyrrole nitrogens is 1. The third kappa shape index (κ3) is 1.82. The molecule has 5 nitrogen and oxygen atoms in total. The predicted molar refractivity (Wildman–Crippen MR) is 67.7 cm³/mol. The molecular weight excluding hydrogens is 228 g/mol. The first-order chi connectivity index (χ1) is 8.84. The molecule has 5 heteroatoms. The summed E-state index contributed by atoms with van der Waals surface area (Å²) < 4.78 is 0. The molecule has 1 aliphatic heterocycles. The number of amides is 1.